The largest absolute Gasteiger partial charge is 0.508 e. The highest BCUT2D eigenvalue weighted by Gasteiger charge is 2.05. The summed E-state index contributed by atoms with van der Waals surface area (Å²) in [7, 11) is 3.24. The second-order valence-electron chi connectivity index (χ2n) is 5.25. The number of carbonyl (C=O) groups is 2. The average molecular weight is 393 g/mol. The van der Waals surface area contributed by atoms with E-state index in [1.54, 1.807) is 45.9 Å². The molecule has 0 fully saturated rings. The SMILES string of the molecule is O=C(NCCSSCCNC(=O)c1ccc(O)cc1)c1ccc(O)cc1. The van der Waals surface area contributed by atoms with Crippen molar-refractivity contribution >= 4 is 33.4 Å². The number of benzene rings is 2. The molecule has 2 amide bonds. The van der Waals surface area contributed by atoms with Crippen LogP contribution in [-0.4, -0.2) is 46.6 Å². The molecule has 2 aromatic rings. The zero-order valence-electron chi connectivity index (χ0n) is 14.0. The van der Waals surface area contributed by atoms with E-state index in [1.165, 1.54) is 24.3 Å². The fourth-order valence-corrected chi connectivity index (χ4v) is 3.77. The monoisotopic (exact) mass is 392 g/mol. The van der Waals surface area contributed by atoms with Crippen LogP contribution < -0.4 is 10.6 Å². The molecule has 2 rings (SSSR count). The maximum atomic E-state index is 11.8. The molecule has 0 atom stereocenters. The van der Waals surface area contributed by atoms with Gasteiger partial charge in [0.05, 0.1) is 0 Å². The minimum atomic E-state index is -0.170. The predicted octanol–water partition coefficient (Wildman–Crippen LogP) is 2.64. The zero-order valence-corrected chi connectivity index (χ0v) is 15.6. The van der Waals surface area contributed by atoms with E-state index in [2.05, 4.69) is 10.6 Å². The Balaban J connectivity index is 1.51. The van der Waals surface area contributed by atoms with Gasteiger partial charge in [-0.1, -0.05) is 21.6 Å². The van der Waals surface area contributed by atoms with Gasteiger partial charge in [-0.05, 0) is 48.5 Å². The van der Waals surface area contributed by atoms with Crippen molar-refractivity contribution in [2.75, 3.05) is 24.6 Å². The van der Waals surface area contributed by atoms with Gasteiger partial charge in [0.2, 0.25) is 0 Å². The van der Waals surface area contributed by atoms with Gasteiger partial charge in [-0.25, -0.2) is 0 Å². The van der Waals surface area contributed by atoms with Crippen LogP contribution in [0.3, 0.4) is 0 Å². The highest BCUT2D eigenvalue weighted by Crippen LogP contribution is 2.19. The van der Waals surface area contributed by atoms with Crippen LogP contribution in [0.2, 0.25) is 0 Å². The van der Waals surface area contributed by atoms with Crippen molar-refractivity contribution in [3.63, 3.8) is 0 Å². The number of hydrogen-bond acceptors (Lipinski definition) is 6. The Morgan fingerprint density at radius 3 is 1.38 bits per heavy atom. The first-order valence-corrected chi connectivity index (χ1v) is 10.4. The molecule has 26 heavy (non-hydrogen) atoms. The molecule has 0 saturated heterocycles. The van der Waals surface area contributed by atoms with E-state index in [-0.39, 0.29) is 23.3 Å². The molecule has 0 aromatic heterocycles. The predicted molar refractivity (Wildman–Crippen MR) is 106 cm³/mol. The summed E-state index contributed by atoms with van der Waals surface area (Å²) in [5.74, 6) is 1.42. The standard InChI is InChI=1S/C18H20N2O4S2/c21-15-5-1-13(2-6-15)17(23)19-9-11-25-26-12-10-20-18(24)14-3-7-16(22)8-4-14/h1-8,21-22H,9-12H2,(H,19,23)(H,20,24). The van der Waals surface area contributed by atoms with Crippen LogP contribution in [-0.2, 0) is 0 Å². The van der Waals surface area contributed by atoms with E-state index in [9.17, 15) is 19.8 Å². The molecule has 138 valence electrons. The number of carbonyl (C=O) groups excluding carboxylic acids is 2. The maximum Gasteiger partial charge on any atom is 0.251 e. The Kier molecular flexibility index (Phi) is 8.17. The van der Waals surface area contributed by atoms with E-state index in [0.717, 1.165) is 11.5 Å². The number of nitrogens with one attached hydrogen (secondary N) is 2. The van der Waals surface area contributed by atoms with Gasteiger partial charge >= 0.3 is 0 Å². The van der Waals surface area contributed by atoms with E-state index >= 15 is 0 Å². The third-order valence-corrected chi connectivity index (χ3v) is 5.69. The van der Waals surface area contributed by atoms with Gasteiger partial charge < -0.3 is 20.8 Å². The molecule has 0 aliphatic carbocycles. The van der Waals surface area contributed by atoms with Crippen molar-refractivity contribution in [3.8, 4) is 11.5 Å². The Morgan fingerprint density at radius 2 is 1.04 bits per heavy atom. The minimum Gasteiger partial charge on any atom is -0.508 e. The lowest BCUT2D eigenvalue weighted by Gasteiger charge is -2.06. The first kappa shape index (κ1) is 20.0. The summed E-state index contributed by atoms with van der Waals surface area (Å²) in [5, 5.41) is 24.0. The molecular formula is C18H20N2O4S2. The van der Waals surface area contributed by atoms with Crippen LogP contribution in [0.1, 0.15) is 20.7 Å². The van der Waals surface area contributed by atoms with Gasteiger partial charge in [-0.2, -0.15) is 0 Å². The number of amides is 2. The summed E-state index contributed by atoms with van der Waals surface area (Å²) in [4.78, 5) is 23.7. The highest BCUT2D eigenvalue weighted by molar-refractivity contribution is 8.76. The first-order valence-electron chi connectivity index (χ1n) is 7.95. The lowest BCUT2D eigenvalue weighted by Crippen LogP contribution is -2.26. The lowest BCUT2D eigenvalue weighted by atomic mass is 10.2. The summed E-state index contributed by atoms with van der Waals surface area (Å²) in [5.41, 5.74) is 1.02. The third kappa shape index (κ3) is 6.89. The van der Waals surface area contributed by atoms with Gasteiger partial charge in [0.15, 0.2) is 0 Å². The van der Waals surface area contributed by atoms with Crippen LogP contribution in [0.4, 0.5) is 0 Å². The van der Waals surface area contributed by atoms with Gasteiger partial charge in [0.1, 0.15) is 11.5 Å². The molecule has 6 nitrogen and oxygen atoms in total. The van der Waals surface area contributed by atoms with Crippen LogP contribution >= 0.6 is 21.6 Å². The van der Waals surface area contributed by atoms with Crippen molar-refractivity contribution in [2.45, 2.75) is 0 Å². The zero-order chi connectivity index (χ0) is 18.8. The van der Waals surface area contributed by atoms with E-state index < -0.39 is 0 Å². The molecule has 0 heterocycles. The van der Waals surface area contributed by atoms with Gasteiger partial charge in [-0.3, -0.25) is 9.59 Å². The second-order valence-corrected chi connectivity index (χ2v) is 7.95. The average Bonchev–Trinajstić information content (AvgIpc) is 2.64. The molecule has 0 aliphatic rings. The molecule has 0 bridgehead atoms. The van der Waals surface area contributed by atoms with Gasteiger partial charge in [0, 0.05) is 35.7 Å². The Hall–Kier alpha value is -2.32. The summed E-state index contributed by atoms with van der Waals surface area (Å²) in [6, 6.07) is 12.2. The van der Waals surface area contributed by atoms with Crippen molar-refractivity contribution in [1.82, 2.24) is 10.6 Å². The summed E-state index contributed by atoms with van der Waals surface area (Å²) < 4.78 is 0. The van der Waals surface area contributed by atoms with E-state index in [4.69, 9.17) is 0 Å². The summed E-state index contributed by atoms with van der Waals surface area (Å²) in [6.07, 6.45) is 0. The first-order chi connectivity index (χ1) is 12.6. The van der Waals surface area contributed by atoms with Crippen molar-refractivity contribution < 1.29 is 19.8 Å². The second kappa shape index (κ2) is 10.6. The Labute approximate surface area is 159 Å². The molecule has 4 N–H and O–H groups in total. The Bertz CT molecular complexity index is 657. The molecule has 0 spiro atoms. The number of aromatic hydroxyl groups is 2. The fourth-order valence-electron chi connectivity index (χ4n) is 1.96. The van der Waals surface area contributed by atoms with Crippen molar-refractivity contribution in [2.24, 2.45) is 0 Å². The summed E-state index contributed by atoms with van der Waals surface area (Å²) in [6.45, 7) is 1.08. The minimum absolute atomic E-state index is 0.131. The van der Waals surface area contributed by atoms with Crippen molar-refractivity contribution in [3.05, 3.63) is 59.7 Å². The molecular weight excluding hydrogens is 372 g/mol. The van der Waals surface area contributed by atoms with E-state index in [0.29, 0.717) is 24.2 Å². The topological polar surface area (TPSA) is 98.7 Å². The molecule has 0 saturated carbocycles. The number of phenols is 2. The van der Waals surface area contributed by atoms with Crippen molar-refractivity contribution in [1.29, 1.82) is 0 Å². The number of phenolic OH excluding ortho intramolecular Hbond substituents is 2. The third-order valence-electron chi connectivity index (χ3n) is 3.28. The maximum absolute atomic E-state index is 11.8. The van der Waals surface area contributed by atoms with Crippen LogP contribution in [0.5, 0.6) is 11.5 Å². The molecule has 2 aromatic carbocycles. The molecule has 8 heteroatoms. The quantitative estimate of drug-likeness (QED) is 0.387. The van der Waals surface area contributed by atoms with Gasteiger partial charge in [-0.15, -0.1) is 0 Å². The van der Waals surface area contributed by atoms with Crippen LogP contribution in [0, 0.1) is 0 Å². The fraction of sp³-hybridized carbons (Fsp3) is 0.222. The lowest BCUT2D eigenvalue weighted by molar-refractivity contribution is 0.0948. The smallest absolute Gasteiger partial charge is 0.251 e. The van der Waals surface area contributed by atoms with Gasteiger partial charge in [0.25, 0.3) is 11.8 Å². The molecule has 0 aliphatic heterocycles. The van der Waals surface area contributed by atoms with Crippen LogP contribution in [0.15, 0.2) is 48.5 Å². The molecule has 0 unspecified atom stereocenters. The number of hydrogen-bond donors (Lipinski definition) is 4. The van der Waals surface area contributed by atoms with Crippen LogP contribution in [0.25, 0.3) is 0 Å². The molecule has 0 radical (unpaired) electrons. The van der Waals surface area contributed by atoms with E-state index in [1.807, 2.05) is 0 Å². The summed E-state index contributed by atoms with van der Waals surface area (Å²) >= 11 is 0. The normalized spacial score (nSPS) is 10.3. The number of rotatable bonds is 9. The highest BCUT2D eigenvalue weighted by atomic mass is 33.1. The Morgan fingerprint density at radius 1 is 0.692 bits per heavy atom.